The molecule has 0 radical (unpaired) electrons. The molecule has 0 bridgehead atoms. The van der Waals surface area contributed by atoms with Crippen molar-refractivity contribution in [1.29, 1.82) is 0 Å². The van der Waals surface area contributed by atoms with E-state index in [0.717, 1.165) is 52.0 Å². The summed E-state index contributed by atoms with van der Waals surface area (Å²) in [6.45, 7) is 8.95. The number of imide groups is 1. The number of nitrogens with zero attached hydrogens (tertiary/aromatic N) is 3. The number of carbonyl (C=O) groups excluding carboxylic acids is 2. The van der Waals surface area contributed by atoms with Crippen molar-refractivity contribution in [3.8, 4) is 11.5 Å². The van der Waals surface area contributed by atoms with Crippen LogP contribution in [0.15, 0.2) is 23.9 Å². The van der Waals surface area contributed by atoms with Crippen molar-refractivity contribution in [3.63, 3.8) is 0 Å². The monoisotopic (exact) mass is 415 g/mol. The molecule has 1 fully saturated rings. The van der Waals surface area contributed by atoms with Gasteiger partial charge >= 0.3 is 0 Å². The summed E-state index contributed by atoms with van der Waals surface area (Å²) in [4.78, 5) is 32.6. The average molecular weight is 416 g/mol. The highest BCUT2D eigenvalue weighted by Gasteiger charge is 2.42. The minimum atomic E-state index is -0.212. The molecule has 0 aromatic heterocycles. The molecule has 30 heavy (non-hydrogen) atoms. The molecule has 164 valence electrons. The molecule has 1 saturated heterocycles. The Kier molecular flexibility index (Phi) is 7.37. The van der Waals surface area contributed by atoms with Crippen molar-refractivity contribution < 1.29 is 19.1 Å². The minimum Gasteiger partial charge on any atom is -0.493 e. The van der Waals surface area contributed by atoms with Gasteiger partial charge in [-0.1, -0.05) is 32.8 Å². The third kappa shape index (κ3) is 4.31. The van der Waals surface area contributed by atoms with E-state index in [1.54, 1.807) is 26.4 Å². The van der Waals surface area contributed by atoms with E-state index in [1.807, 2.05) is 6.07 Å². The fraction of sp³-hybridized carbons (Fsp3) is 0.565. The van der Waals surface area contributed by atoms with Gasteiger partial charge in [0.15, 0.2) is 11.5 Å². The quantitative estimate of drug-likeness (QED) is 0.456. The Labute approximate surface area is 179 Å². The molecule has 2 aliphatic rings. The first-order valence-electron chi connectivity index (χ1n) is 10.9. The van der Waals surface area contributed by atoms with Crippen molar-refractivity contribution >= 4 is 17.4 Å². The van der Waals surface area contributed by atoms with E-state index >= 15 is 0 Å². The number of hydrogen-bond acceptors (Lipinski definition) is 6. The fourth-order valence-corrected chi connectivity index (χ4v) is 4.12. The van der Waals surface area contributed by atoms with Crippen LogP contribution < -0.4 is 9.47 Å². The SMILES string of the molecule is CCCCCN1C(=O)C(c2ccc(OC)c(OC)c2)=C(N2CCN(CC)CC2)C1=O. The molecule has 3 rings (SSSR count). The zero-order chi connectivity index (χ0) is 21.7. The average Bonchev–Trinajstić information content (AvgIpc) is 3.03. The smallest absolute Gasteiger partial charge is 0.277 e. The van der Waals surface area contributed by atoms with Crippen LogP contribution in [0.1, 0.15) is 38.7 Å². The number of likely N-dealkylation sites (N-methyl/N-ethyl adjacent to an activating group) is 1. The van der Waals surface area contributed by atoms with Crippen molar-refractivity contribution in [2.75, 3.05) is 53.5 Å². The standard InChI is InChI=1S/C23H33N3O4/c1-5-7-8-11-26-22(27)20(17-9-10-18(29-3)19(16-17)30-4)21(23(26)28)25-14-12-24(6-2)13-15-25/h9-10,16H,5-8,11-15H2,1-4H3. The van der Waals surface area contributed by atoms with Gasteiger partial charge in [0.2, 0.25) is 0 Å². The van der Waals surface area contributed by atoms with Gasteiger partial charge < -0.3 is 19.3 Å². The Morgan fingerprint density at radius 2 is 1.60 bits per heavy atom. The van der Waals surface area contributed by atoms with E-state index in [2.05, 4.69) is 23.6 Å². The van der Waals surface area contributed by atoms with Gasteiger partial charge in [0.1, 0.15) is 5.70 Å². The summed E-state index contributed by atoms with van der Waals surface area (Å²) in [6.07, 6.45) is 2.86. The summed E-state index contributed by atoms with van der Waals surface area (Å²) in [7, 11) is 3.15. The molecule has 7 nitrogen and oxygen atoms in total. The van der Waals surface area contributed by atoms with Crippen molar-refractivity contribution in [3.05, 3.63) is 29.5 Å². The molecule has 2 aliphatic heterocycles. The molecule has 0 aliphatic carbocycles. The molecule has 7 heteroatoms. The van der Waals surface area contributed by atoms with Gasteiger partial charge in [0.25, 0.3) is 11.8 Å². The van der Waals surface area contributed by atoms with E-state index < -0.39 is 0 Å². The summed E-state index contributed by atoms with van der Waals surface area (Å²) >= 11 is 0. The second-order valence-corrected chi connectivity index (χ2v) is 7.68. The Morgan fingerprint density at radius 3 is 2.20 bits per heavy atom. The number of piperazine rings is 1. The van der Waals surface area contributed by atoms with Gasteiger partial charge in [-0.25, -0.2) is 0 Å². The maximum absolute atomic E-state index is 13.4. The minimum absolute atomic E-state index is 0.175. The third-order valence-corrected chi connectivity index (χ3v) is 5.94. The maximum atomic E-state index is 13.4. The summed E-state index contributed by atoms with van der Waals surface area (Å²) in [5.74, 6) is 0.751. The molecule has 2 heterocycles. The summed E-state index contributed by atoms with van der Waals surface area (Å²) < 4.78 is 10.8. The number of rotatable bonds is 9. The number of unbranched alkanes of at least 4 members (excludes halogenated alkanes) is 2. The van der Waals surface area contributed by atoms with Crippen molar-refractivity contribution in [2.45, 2.75) is 33.1 Å². The van der Waals surface area contributed by atoms with E-state index in [9.17, 15) is 9.59 Å². The highest BCUT2D eigenvalue weighted by atomic mass is 16.5. The molecule has 0 atom stereocenters. The Hall–Kier alpha value is -2.54. The van der Waals surface area contributed by atoms with E-state index in [1.165, 1.54) is 4.90 Å². The summed E-state index contributed by atoms with van der Waals surface area (Å²) in [5, 5.41) is 0. The molecule has 2 amide bonds. The lowest BCUT2D eigenvalue weighted by molar-refractivity contribution is -0.137. The molecule has 0 spiro atoms. The van der Waals surface area contributed by atoms with Gasteiger partial charge in [-0.15, -0.1) is 0 Å². The highest BCUT2D eigenvalue weighted by Crippen LogP contribution is 2.36. The Morgan fingerprint density at radius 1 is 0.900 bits per heavy atom. The van der Waals surface area contributed by atoms with Crippen molar-refractivity contribution in [1.82, 2.24) is 14.7 Å². The fourth-order valence-electron chi connectivity index (χ4n) is 4.12. The van der Waals surface area contributed by atoms with Crippen LogP contribution in [0.4, 0.5) is 0 Å². The van der Waals surface area contributed by atoms with E-state index in [-0.39, 0.29) is 11.8 Å². The van der Waals surface area contributed by atoms with Crippen LogP contribution >= 0.6 is 0 Å². The third-order valence-electron chi connectivity index (χ3n) is 5.94. The van der Waals surface area contributed by atoms with Crippen LogP contribution in [0.25, 0.3) is 5.57 Å². The van der Waals surface area contributed by atoms with Crippen LogP contribution in [-0.2, 0) is 9.59 Å². The van der Waals surface area contributed by atoms with Crippen LogP contribution in [0, 0.1) is 0 Å². The lowest BCUT2D eigenvalue weighted by atomic mass is 10.0. The second-order valence-electron chi connectivity index (χ2n) is 7.68. The first kappa shape index (κ1) is 22.2. The predicted molar refractivity (Wildman–Crippen MR) is 116 cm³/mol. The van der Waals surface area contributed by atoms with Crippen LogP contribution in [0.2, 0.25) is 0 Å². The number of hydrogen-bond donors (Lipinski definition) is 0. The number of methoxy groups -OCH3 is 2. The summed E-state index contributed by atoms with van der Waals surface area (Å²) in [5.41, 5.74) is 1.69. The largest absolute Gasteiger partial charge is 0.493 e. The topological polar surface area (TPSA) is 62.3 Å². The molecule has 1 aromatic rings. The first-order valence-corrected chi connectivity index (χ1v) is 10.9. The van der Waals surface area contributed by atoms with Gasteiger partial charge in [0, 0.05) is 32.7 Å². The number of benzene rings is 1. The molecule has 1 aromatic carbocycles. The van der Waals surface area contributed by atoms with Crippen molar-refractivity contribution in [2.24, 2.45) is 0 Å². The number of carbonyl (C=O) groups is 2. The van der Waals surface area contributed by atoms with E-state index in [4.69, 9.17) is 9.47 Å². The molecule has 0 unspecified atom stereocenters. The lowest BCUT2D eigenvalue weighted by Gasteiger charge is -2.36. The predicted octanol–water partition coefficient (Wildman–Crippen LogP) is 2.61. The van der Waals surface area contributed by atoms with Gasteiger partial charge in [0.05, 0.1) is 19.8 Å². The van der Waals surface area contributed by atoms with Gasteiger partial charge in [-0.05, 0) is 30.7 Å². The zero-order valence-corrected chi connectivity index (χ0v) is 18.6. The van der Waals surface area contributed by atoms with Gasteiger partial charge in [-0.2, -0.15) is 0 Å². The summed E-state index contributed by atoms with van der Waals surface area (Å²) in [6, 6.07) is 5.40. The Bertz CT molecular complexity index is 813. The van der Waals surface area contributed by atoms with Crippen LogP contribution in [0.5, 0.6) is 11.5 Å². The zero-order valence-electron chi connectivity index (χ0n) is 18.6. The molecule has 0 saturated carbocycles. The lowest BCUT2D eigenvalue weighted by Crippen LogP contribution is -2.47. The first-order chi connectivity index (χ1) is 14.5. The van der Waals surface area contributed by atoms with Crippen LogP contribution in [-0.4, -0.2) is 80.0 Å². The second kappa shape index (κ2) is 9.98. The van der Waals surface area contributed by atoms with Crippen LogP contribution in [0.3, 0.4) is 0 Å². The van der Waals surface area contributed by atoms with E-state index in [0.29, 0.717) is 34.9 Å². The normalized spacial score (nSPS) is 17.9. The molecular formula is C23H33N3O4. The maximum Gasteiger partial charge on any atom is 0.277 e. The van der Waals surface area contributed by atoms with Gasteiger partial charge in [-0.3, -0.25) is 14.5 Å². The number of amides is 2. The molecular weight excluding hydrogens is 382 g/mol. The Balaban J connectivity index is 1.99. The molecule has 0 N–H and O–H groups in total. The number of ether oxygens (including phenoxy) is 2. The highest BCUT2D eigenvalue weighted by molar-refractivity contribution is 6.35.